The molecule has 1 aliphatic carbocycles. The van der Waals surface area contributed by atoms with Crippen LogP contribution < -0.4 is 20.9 Å². The van der Waals surface area contributed by atoms with Gasteiger partial charge in [0.1, 0.15) is 12.3 Å². The maximum Gasteiger partial charge on any atom is 0.407 e. The Balaban J connectivity index is 1.28. The van der Waals surface area contributed by atoms with Crippen molar-refractivity contribution >= 4 is 29.2 Å². The smallest absolute Gasteiger partial charge is 0.407 e. The van der Waals surface area contributed by atoms with Crippen molar-refractivity contribution in [3.05, 3.63) is 30.4 Å². The molecule has 5 rings (SSSR count). The Bertz CT molecular complexity index is 1140. The number of H-pyrrole nitrogens is 1. The minimum absolute atomic E-state index is 0.0644. The van der Waals surface area contributed by atoms with Crippen LogP contribution in [-0.4, -0.2) is 75.2 Å². The topological polar surface area (TPSA) is 124 Å². The van der Waals surface area contributed by atoms with Crippen LogP contribution in [-0.2, 0) is 4.74 Å². The van der Waals surface area contributed by atoms with Crippen molar-refractivity contribution in [2.75, 3.05) is 36.4 Å². The lowest BCUT2D eigenvalue weighted by molar-refractivity contribution is 0.0555. The highest BCUT2D eigenvalue weighted by Crippen LogP contribution is 2.38. The van der Waals surface area contributed by atoms with Gasteiger partial charge >= 0.3 is 6.09 Å². The largest absolute Gasteiger partial charge is 0.443 e. The molecule has 3 atom stereocenters. The molecule has 0 bridgehead atoms. The minimum atomic E-state index is -1.30. The van der Waals surface area contributed by atoms with E-state index in [0.717, 1.165) is 37.5 Å². The number of nitrogens with zero attached hydrogens (tertiary/aromatic N) is 5. The second-order valence-electron chi connectivity index (χ2n) is 9.03. The van der Waals surface area contributed by atoms with Gasteiger partial charge < -0.3 is 25.6 Å². The molecule has 34 heavy (non-hydrogen) atoms. The molecular weight excluding hydrogens is 441 g/mol. The van der Waals surface area contributed by atoms with E-state index in [0.29, 0.717) is 30.3 Å². The summed E-state index contributed by atoms with van der Waals surface area (Å²) < 4.78 is 22.2. The quantitative estimate of drug-likeness (QED) is 0.432. The first kappa shape index (κ1) is 22.4. The van der Waals surface area contributed by atoms with E-state index in [4.69, 9.17) is 4.74 Å². The molecule has 1 aliphatic heterocycles. The predicted molar refractivity (Wildman–Crippen MR) is 125 cm³/mol. The van der Waals surface area contributed by atoms with E-state index in [1.165, 1.54) is 0 Å². The van der Waals surface area contributed by atoms with Gasteiger partial charge in [-0.3, -0.25) is 9.50 Å². The number of fused-ring (bicyclic) bond motifs is 1. The molecule has 4 heterocycles. The summed E-state index contributed by atoms with van der Waals surface area (Å²) in [5.41, 5.74) is 2.46. The summed E-state index contributed by atoms with van der Waals surface area (Å²) in [6.07, 6.45) is 3.78. The summed E-state index contributed by atoms with van der Waals surface area (Å²) in [6.45, 7) is 7.30. The fourth-order valence-corrected chi connectivity index (χ4v) is 4.61. The van der Waals surface area contributed by atoms with Gasteiger partial charge in [-0.05, 0) is 26.7 Å². The lowest BCUT2D eigenvalue weighted by Gasteiger charge is -2.29. The number of halogens is 1. The monoisotopic (exact) mass is 471 g/mol. The Morgan fingerprint density at radius 3 is 2.88 bits per heavy atom. The first-order valence-electron chi connectivity index (χ1n) is 11.7. The van der Waals surface area contributed by atoms with Crippen LogP contribution in [0.15, 0.2) is 24.7 Å². The molecule has 0 spiro atoms. The zero-order valence-electron chi connectivity index (χ0n) is 19.3. The number of alkyl carbamates (subject to hydrolysis) is 1. The number of hydrogen-bond acceptors (Lipinski definition) is 8. The molecule has 1 saturated heterocycles. The molecule has 3 aromatic rings. The highest BCUT2D eigenvalue weighted by atomic mass is 19.1. The molecule has 0 unspecified atom stereocenters. The number of imidazole rings is 1. The molecule has 2 aliphatic rings. The summed E-state index contributed by atoms with van der Waals surface area (Å²) in [6, 6.07) is 1.72. The summed E-state index contributed by atoms with van der Waals surface area (Å²) in [4.78, 5) is 23.2. The summed E-state index contributed by atoms with van der Waals surface area (Å²) in [7, 11) is 0. The number of piperazine rings is 1. The van der Waals surface area contributed by atoms with Crippen molar-refractivity contribution in [1.82, 2.24) is 35.2 Å². The molecule has 0 aromatic carbocycles. The predicted octanol–water partition coefficient (Wildman–Crippen LogP) is 2.32. The first-order chi connectivity index (χ1) is 16.5. The van der Waals surface area contributed by atoms with Gasteiger partial charge in [-0.1, -0.05) is 0 Å². The van der Waals surface area contributed by atoms with E-state index in [2.05, 4.69) is 41.0 Å². The second kappa shape index (κ2) is 9.45. The van der Waals surface area contributed by atoms with Crippen molar-refractivity contribution in [3.63, 3.8) is 0 Å². The number of ether oxygens (including phenoxy) is 1. The Kier molecular flexibility index (Phi) is 6.22. The van der Waals surface area contributed by atoms with Crippen molar-refractivity contribution < 1.29 is 13.9 Å². The first-order valence-corrected chi connectivity index (χ1v) is 11.7. The molecule has 12 heteroatoms. The number of hydrogen-bond donors (Lipinski definition) is 4. The maximum atomic E-state index is 15.1. The van der Waals surface area contributed by atoms with Crippen LogP contribution >= 0.6 is 0 Å². The lowest BCUT2D eigenvalue weighted by Crippen LogP contribution is -2.43. The average molecular weight is 472 g/mol. The zero-order chi connectivity index (χ0) is 23.7. The van der Waals surface area contributed by atoms with Crippen LogP contribution in [0, 0.1) is 0 Å². The van der Waals surface area contributed by atoms with Crippen molar-refractivity contribution in [2.24, 2.45) is 0 Å². The van der Waals surface area contributed by atoms with Gasteiger partial charge in [0.05, 0.1) is 11.9 Å². The maximum absolute atomic E-state index is 15.1. The number of alkyl halides is 1. The number of anilines is 3. The lowest BCUT2D eigenvalue weighted by atomic mass is 10.0. The van der Waals surface area contributed by atoms with Gasteiger partial charge in [-0.2, -0.15) is 5.10 Å². The minimum Gasteiger partial charge on any atom is -0.443 e. The number of amides is 1. The number of nitrogens with one attached hydrogen (secondary N) is 4. The highest BCUT2D eigenvalue weighted by Gasteiger charge is 2.41. The number of carbonyl (C=O) groups excluding carboxylic acids is 1. The van der Waals surface area contributed by atoms with Crippen LogP contribution in [0.4, 0.5) is 26.6 Å². The van der Waals surface area contributed by atoms with E-state index in [1.54, 1.807) is 12.3 Å². The molecule has 3 aromatic heterocycles. The molecule has 2 fully saturated rings. The van der Waals surface area contributed by atoms with Crippen molar-refractivity contribution in [3.8, 4) is 0 Å². The third kappa shape index (κ3) is 4.49. The summed E-state index contributed by atoms with van der Waals surface area (Å²) in [5.74, 6) is 0.678. The van der Waals surface area contributed by atoms with Crippen LogP contribution in [0.3, 0.4) is 0 Å². The number of aromatic amines is 1. The van der Waals surface area contributed by atoms with Crippen molar-refractivity contribution in [2.45, 2.75) is 50.9 Å². The molecule has 11 nitrogen and oxygen atoms in total. The zero-order valence-corrected chi connectivity index (χ0v) is 19.3. The van der Waals surface area contributed by atoms with E-state index in [1.807, 2.05) is 30.6 Å². The molecule has 0 radical (unpaired) electrons. The van der Waals surface area contributed by atoms with Crippen LogP contribution in [0.2, 0.25) is 0 Å². The fraction of sp³-hybridized carbons (Fsp3) is 0.545. The fourth-order valence-electron chi connectivity index (χ4n) is 4.61. The van der Waals surface area contributed by atoms with Gasteiger partial charge in [0, 0.05) is 62.3 Å². The van der Waals surface area contributed by atoms with E-state index >= 15 is 4.39 Å². The standard InChI is InChI=1S/C22H30FN9O2/c1-13(2)27-22(33)34-17-4-3-14(19(17)23)15-11-18(30-29-15)28-21-26-12-16(20-25-7-10-32(20)21)31-8-5-24-6-9-31/h7,10-14,17,19,24H,3-6,8-9H2,1-2H3,(H,27,33)(H2,26,28,29,30)/t14-,17-,19+/m0/s1. The SMILES string of the molecule is CC(C)NC(=O)O[C@H]1CC[C@@H](c2cc(Nc3ncc(N4CCNCC4)c4nccn34)n[nH]2)[C@H]1F. The van der Waals surface area contributed by atoms with Gasteiger partial charge in [-0.25, -0.2) is 19.2 Å². The molecular formula is C22H30FN9O2. The summed E-state index contributed by atoms with van der Waals surface area (Å²) >= 11 is 0. The van der Waals surface area contributed by atoms with Gasteiger partial charge in [-0.15, -0.1) is 0 Å². The highest BCUT2D eigenvalue weighted by molar-refractivity contribution is 5.71. The number of rotatable bonds is 6. The molecule has 4 N–H and O–H groups in total. The summed E-state index contributed by atoms with van der Waals surface area (Å²) in [5, 5.41) is 16.4. The molecule has 1 amide bonds. The Labute approximate surface area is 196 Å². The molecule has 182 valence electrons. The third-order valence-electron chi connectivity index (χ3n) is 6.27. The second-order valence-corrected chi connectivity index (χ2v) is 9.03. The van der Waals surface area contributed by atoms with Crippen LogP contribution in [0.5, 0.6) is 0 Å². The van der Waals surface area contributed by atoms with E-state index in [-0.39, 0.29) is 6.04 Å². The van der Waals surface area contributed by atoms with Gasteiger partial charge in [0.25, 0.3) is 0 Å². The van der Waals surface area contributed by atoms with E-state index < -0.39 is 24.3 Å². The van der Waals surface area contributed by atoms with Gasteiger partial charge in [0.15, 0.2) is 11.5 Å². The third-order valence-corrected chi connectivity index (χ3v) is 6.27. The number of aromatic nitrogens is 5. The number of carbonyl (C=O) groups is 1. The Hall–Kier alpha value is -3.41. The van der Waals surface area contributed by atoms with E-state index in [9.17, 15) is 4.79 Å². The normalized spacial score (nSPS) is 22.9. The molecule has 1 saturated carbocycles. The van der Waals surface area contributed by atoms with Crippen molar-refractivity contribution in [1.29, 1.82) is 0 Å². The Morgan fingerprint density at radius 2 is 2.09 bits per heavy atom. The Morgan fingerprint density at radius 1 is 1.26 bits per heavy atom. The van der Waals surface area contributed by atoms with Gasteiger partial charge in [0.2, 0.25) is 5.95 Å². The van der Waals surface area contributed by atoms with Crippen LogP contribution in [0.25, 0.3) is 5.65 Å². The average Bonchev–Trinajstić information content (AvgIpc) is 3.55. The van der Waals surface area contributed by atoms with Crippen LogP contribution in [0.1, 0.15) is 38.3 Å².